The van der Waals surface area contributed by atoms with Gasteiger partial charge in [0.15, 0.2) is 0 Å². The minimum Gasteiger partial charge on any atom is -0.497 e. The lowest BCUT2D eigenvalue weighted by Crippen LogP contribution is -2.28. The van der Waals surface area contributed by atoms with E-state index >= 15 is 0 Å². The van der Waals surface area contributed by atoms with Crippen LogP contribution >= 0.6 is 0 Å². The fourth-order valence-corrected chi connectivity index (χ4v) is 4.38. The number of aromatic nitrogens is 2. The van der Waals surface area contributed by atoms with Gasteiger partial charge in [0, 0.05) is 47.5 Å². The number of carbonyl (C=O) groups excluding carboxylic acids is 2. The fourth-order valence-electron chi connectivity index (χ4n) is 4.38. The number of aryl methyl sites for hydroxylation is 2. The Morgan fingerprint density at radius 3 is 2.21 bits per heavy atom. The highest BCUT2D eigenvalue weighted by Gasteiger charge is 2.35. The highest BCUT2D eigenvalue weighted by molar-refractivity contribution is 6.03. The first-order valence-corrected chi connectivity index (χ1v) is 12.7. The Morgan fingerprint density at radius 1 is 0.872 bits per heavy atom. The lowest BCUT2D eigenvalue weighted by molar-refractivity contribution is -0.122. The molecule has 2 amide bonds. The van der Waals surface area contributed by atoms with Gasteiger partial charge < -0.3 is 25.6 Å². The number of ether oxygens (including phenoxy) is 1. The summed E-state index contributed by atoms with van der Waals surface area (Å²) in [5.74, 6) is 1.17. The van der Waals surface area contributed by atoms with Gasteiger partial charge in [-0.2, -0.15) is 4.98 Å². The van der Waals surface area contributed by atoms with Crippen LogP contribution in [0.4, 0.5) is 34.5 Å². The molecular weight excluding hydrogens is 492 g/mol. The van der Waals surface area contributed by atoms with E-state index in [0.29, 0.717) is 29.7 Å². The van der Waals surface area contributed by atoms with E-state index in [0.717, 1.165) is 22.8 Å². The summed E-state index contributed by atoms with van der Waals surface area (Å²) >= 11 is 0. The van der Waals surface area contributed by atoms with E-state index in [4.69, 9.17) is 4.74 Å². The Balaban J connectivity index is 1.19. The Bertz CT molecular complexity index is 1470. The number of rotatable bonds is 8. The molecule has 1 saturated heterocycles. The second kappa shape index (κ2) is 11.2. The van der Waals surface area contributed by atoms with E-state index in [2.05, 4.69) is 25.9 Å². The summed E-state index contributed by atoms with van der Waals surface area (Å²) in [5, 5.41) is 9.45. The van der Waals surface area contributed by atoms with Crippen LogP contribution in [-0.2, 0) is 9.59 Å². The SMILES string of the molecule is COc1ccc(N2C[C@@H](C(=O)Nc3ccc(Nc4nc(C)cc(Nc5ccc(C)cc5)n4)cc3)CC2=O)cc1. The van der Waals surface area contributed by atoms with Crippen LogP contribution in [0.25, 0.3) is 0 Å². The number of carbonyl (C=O) groups is 2. The summed E-state index contributed by atoms with van der Waals surface area (Å²) in [7, 11) is 1.59. The number of anilines is 6. The zero-order valence-electron chi connectivity index (χ0n) is 22.1. The maximum absolute atomic E-state index is 12.9. The molecular formula is C30H30N6O3. The lowest BCUT2D eigenvalue weighted by atomic mass is 10.1. The molecule has 9 heteroatoms. The average Bonchev–Trinajstić information content (AvgIpc) is 3.32. The zero-order valence-corrected chi connectivity index (χ0v) is 22.1. The van der Waals surface area contributed by atoms with Gasteiger partial charge in [0.05, 0.1) is 13.0 Å². The molecule has 0 radical (unpaired) electrons. The molecule has 0 saturated carbocycles. The van der Waals surface area contributed by atoms with Gasteiger partial charge in [-0.3, -0.25) is 9.59 Å². The Morgan fingerprint density at radius 2 is 1.51 bits per heavy atom. The number of nitrogens with zero attached hydrogens (tertiary/aromatic N) is 3. The van der Waals surface area contributed by atoms with Gasteiger partial charge in [0.25, 0.3) is 0 Å². The summed E-state index contributed by atoms with van der Waals surface area (Å²) in [6.07, 6.45) is 0.168. The summed E-state index contributed by atoms with van der Waals surface area (Å²) < 4.78 is 5.18. The van der Waals surface area contributed by atoms with E-state index in [-0.39, 0.29) is 18.2 Å². The van der Waals surface area contributed by atoms with Crippen LogP contribution in [0.1, 0.15) is 17.7 Å². The second-order valence-corrected chi connectivity index (χ2v) is 9.50. The van der Waals surface area contributed by atoms with Crippen LogP contribution in [0.3, 0.4) is 0 Å². The first kappa shape index (κ1) is 25.7. The molecule has 1 fully saturated rings. The van der Waals surface area contributed by atoms with Crippen molar-refractivity contribution >= 4 is 46.3 Å². The van der Waals surface area contributed by atoms with Crippen molar-refractivity contribution in [3.05, 3.63) is 90.1 Å². The third-order valence-electron chi connectivity index (χ3n) is 6.47. The van der Waals surface area contributed by atoms with Gasteiger partial charge >= 0.3 is 0 Å². The van der Waals surface area contributed by atoms with Crippen molar-refractivity contribution in [2.75, 3.05) is 34.5 Å². The van der Waals surface area contributed by atoms with Crippen molar-refractivity contribution in [1.82, 2.24) is 9.97 Å². The quantitative estimate of drug-likeness (QED) is 0.277. The van der Waals surface area contributed by atoms with E-state index in [1.165, 1.54) is 5.56 Å². The Hall–Kier alpha value is -4.92. The van der Waals surface area contributed by atoms with E-state index in [1.807, 2.05) is 68.4 Å². The van der Waals surface area contributed by atoms with Crippen molar-refractivity contribution in [2.45, 2.75) is 20.3 Å². The van der Waals surface area contributed by atoms with Crippen molar-refractivity contribution in [3.63, 3.8) is 0 Å². The molecule has 1 atom stereocenters. The first-order valence-electron chi connectivity index (χ1n) is 12.7. The van der Waals surface area contributed by atoms with Crippen LogP contribution in [0.2, 0.25) is 0 Å². The fraction of sp³-hybridized carbons (Fsp3) is 0.200. The number of methoxy groups -OCH3 is 1. The summed E-state index contributed by atoms with van der Waals surface area (Å²) in [6, 6.07) is 24.5. The third-order valence-corrected chi connectivity index (χ3v) is 6.47. The van der Waals surface area contributed by atoms with Crippen molar-refractivity contribution < 1.29 is 14.3 Å². The van der Waals surface area contributed by atoms with E-state index in [1.54, 1.807) is 36.3 Å². The largest absolute Gasteiger partial charge is 0.497 e. The van der Waals surface area contributed by atoms with Gasteiger partial charge in [0.2, 0.25) is 17.8 Å². The molecule has 5 rings (SSSR count). The normalized spacial score (nSPS) is 14.7. The van der Waals surface area contributed by atoms with Gasteiger partial charge in [-0.05, 0) is 74.5 Å². The van der Waals surface area contributed by atoms with Crippen molar-refractivity contribution in [3.8, 4) is 5.75 Å². The third kappa shape index (κ3) is 6.32. The number of amides is 2. The van der Waals surface area contributed by atoms with E-state index < -0.39 is 5.92 Å². The van der Waals surface area contributed by atoms with Gasteiger partial charge in [-0.25, -0.2) is 4.98 Å². The molecule has 1 aromatic heterocycles. The molecule has 0 spiro atoms. The Labute approximate surface area is 227 Å². The predicted molar refractivity (Wildman–Crippen MR) is 153 cm³/mol. The summed E-state index contributed by atoms with van der Waals surface area (Å²) in [5.41, 5.74) is 5.13. The second-order valence-electron chi connectivity index (χ2n) is 9.50. The molecule has 3 aromatic carbocycles. The summed E-state index contributed by atoms with van der Waals surface area (Å²) in [4.78, 5) is 36.2. The van der Waals surface area contributed by atoms with Crippen LogP contribution in [0, 0.1) is 19.8 Å². The van der Waals surface area contributed by atoms with Gasteiger partial charge in [0.1, 0.15) is 11.6 Å². The molecule has 39 heavy (non-hydrogen) atoms. The predicted octanol–water partition coefficient (Wildman–Crippen LogP) is 5.58. The minimum atomic E-state index is -0.433. The average molecular weight is 523 g/mol. The Kier molecular flexibility index (Phi) is 7.40. The molecule has 9 nitrogen and oxygen atoms in total. The topological polar surface area (TPSA) is 108 Å². The molecule has 0 bridgehead atoms. The monoisotopic (exact) mass is 522 g/mol. The van der Waals surface area contributed by atoms with Gasteiger partial charge in [-0.1, -0.05) is 17.7 Å². The van der Waals surface area contributed by atoms with Crippen LogP contribution < -0.4 is 25.6 Å². The van der Waals surface area contributed by atoms with Crippen molar-refractivity contribution in [1.29, 1.82) is 0 Å². The number of hydrogen-bond acceptors (Lipinski definition) is 7. The van der Waals surface area contributed by atoms with Crippen LogP contribution in [0.5, 0.6) is 5.75 Å². The van der Waals surface area contributed by atoms with Crippen LogP contribution in [-0.4, -0.2) is 35.4 Å². The maximum Gasteiger partial charge on any atom is 0.229 e. The molecule has 1 aliphatic heterocycles. The maximum atomic E-state index is 12.9. The molecule has 0 unspecified atom stereocenters. The molecule has 0 aliphatic carbocycles. The van der Waals surface area contributed by atoms with E-state index in [9.17, 15) is 9.59 Å². The van der Waals surface area contributed by atoms with Gasteiger partial charge in [-0.15, -0.1) is 0 Å². The molecule has 1 aliphatic rings. The zero-order chi connectivity index (χ0) is 27.4. The molecule has 2 heterocycles. The highest BCUT2D eigenvalue weighted by atomic mass is 16.5. The van der Waals surface area contributed by atoms with Crippen LogP contribution in [0.15, 0.2) is 78.9 Å². The molecule has 198 valence electrons. The number of nitrogens with one attached hydrogen (secondary N) is 3. The standard InChI is InChI=1S/C30H30N6O3/c1-19-4-6-22(7-5-19)32-27-16-20(2)31-30(35-27)34-24-10-8-23(9-11-24)33-29(38)21-17-28(37)36(18-21)25-12-14-26(39-3)15-13-25/h4-16,21H,17-18H2,1-3H3,(H,33,38)(H2,31,32,34,35)/t21-/m0/s1. The highest BCUT2D eigenvalue weighted by Crippen LogP contribution is 2.28. The van der Waals surface area contributed by atoms with Crippen molar-refractivity contribution in [2.24, 2.45) is 5.92 Å². The molecule has 4 aromatic rings. The number of hydrogen-bond donors (Lipinski definition) is 3. The lowest BCUT2D eigenvalue weighted by Gasteiger charge is -2.17. The summed E-state index contributed by atoms with van der Waals surface area (Å²) in [6.45, 7) is 4.29. The number of benzene rings is 3. The smallest absolute Gasteiger partial charge is 0.229 e. The molecule has 3 N–H and O–H groups in total. The first-order chi connectivity index (χ1) is 18.9. The minimum absolute atomic E-state index is 0.0748.